The molecule has 1 aliphatic heterocycles. The van der Waals surface area contributed by atoms with Crippen LogP contribution in [0.2, 0.25) is 0 Å². The highest BCUT2D eigenvalue weighted by atomic mass is 16.6. The zero-order valence-electron chi connectivity index (χ0n) is 26.6. The first kappa shape index (κ1) is 34.6. The van der Waals surface area contributed by atoms with Crippen molar-refractivity contribution >= 4 is 29.7 Å². The van der Waals surface area contributed by atoms with Gasteiger partial charge in [0.1, 0.15) is 23.7 Å². The van der Waals surface area contributed by atoms with E-state index in [4.69, 9.17) is 4.74 Å². The summed E-state index contributed by atoms with van der Waals surface area (Å²) in [5.74, 6) is -1.50. The van der Waals surface area contributed by atoms with Gasteiger partial charge in [0.15, 0.2) is 0 Å². The molecule has 0 unspecified atom stereocenters. The van der Waals surface area contributed by atoms with Crippen LogP contribution in [0.15, 0.2) is 42.5 Å². The first-order valence-corrected chi connectivity index (χ1v) is 15.8. The van der Waals surface area contributed by atoms with Crippen LogP contribution >= 0.6 is 0 Å². The van der Waals surface area contributed by atoms with E-state index in [-0.39, 0.29) is 37.2 Å². The van der Waals surface area contributed by atoms with Crippen molar-refractivity contribution in [3.05, 3.63) is 48.0 Å². The molecule has 0 bridgehead atoms. The van der Waals surface area contributed by atoms with Gasteiger partial charge in [0.05, 0.1) is 0 Å². The number of likely N-dealkylation sites (tertiary alicyclic amines) is 1. The largest absolute Gasteiger partial charge is 0.444 e. The lowest BCUT2D eigenvalue weighted by molar-refractivity contribution is -0.139. The monoisotopic (exact) mass is 611 g/mol. The van der Waals surface area contributed by atoms with Gasteiger partial charge in [-0.25, -0.2) is 4.79 Å². The van der Waals surface area contributed by atoms with Gasteiger partial charge in [0.2, 0.25) is 23.6 Å². The third-order valence-corrected chi connectivity index (χ3v) is 7.74. The summed E-state index contributed by atoms with van der Waals surface area (Å²) < 4.78 is 5.20. The molecule has 0 aromatic heterocycles. The zero-order chi connectivity index (χ0) is 32.2. The number of nitrogens with zero attached hydrogens (tertiary/aromatic N) is 1. The Bertz CT molecular complexity index is 1180. The van der Waals surface area contributed by atoms with Crippen molar-refractivity contribution in [1.82, 2.24) is 26.2 Å². The van der Waals surface area contributed by atoms with Crippen molar-refractivity contribution in [2.24, 2.45) is 5.92 Å². The Kier molecular flexibility index (Phi) is 12.8. The zero-order valence-corrected chi connectivity index (χ0v) is 26.6. The number of amides is 5. The molecule has 1 heterocycles. The standard InChI is InChI=1S/C33H49N5O6/c1-5-6-7-8-12-16-25-21-33(25,30(42)34-19-18-27(39)35-22-24-14-10-9-11-15-24)37-29(41)26-17-13-20-38(26)28(40)23-36-31(43)44-32(2,3)4/h9-12,14-16,25-26H,5-8,13,17-23H2,1-4H3,(H,34,42)(H,35,39)(H,36,43)(H,37,41)/b16-12-/t25-,26+,33-/m1/s1. The number of alkyl carbamates (subject to hydrolysis) is 1. The molecule has 1 aromatic rings. The molecule has 4 N–H and O–H groups in total. The van der Waals surface area contributed by atoms with Crippen molar-refractivity contribution in [3.63, 3.8) is 0 Å². The summed E-state index contributed by atoms with van der Waals surface area (Å²) in [5, 5.41) is 11.1. The van der Waals surface area contributed by atoms with E-state index in [0.717, 1.165) is 31.2 Å². The van der Waals surface area contributed by atoms with Gasteiger partial charge in [-0.1, -0.05) is 62.2 Å². The van der Waals surface area contributed by atoms with Crippen LogP contribution in [0.5, 0.6) is 0 Å². The van der Waals surface area contributed by atoms with Crippen molar-refractivity contribution in [2.45, 2.75) is 103 Å². The highest BCUT2D eigenvalue weighted by Gasteiger charge is 2.60. The second-order valence-electron chi connectivity index (χ2n) is 12.6. The molecular formula is C33H49N5O6. The van der Waals surface area contributed by atoms with E-state index in [9.17, 15) is 24.0 Å². The van der Waals surface area contributed by atoms with Crippen LogP contribution in [0.25, 0.3) is 0 Å². The average molecular weight is 612 g/mol. The highest BCUT2D eigenvalue weighted by Crippen LogP contribution is 2.45. The summed E-state index contributed by atoms with van der Waals surface area (Å²) in [5.41, 5.74) is -0.849. The number of carbonyl (C=O) groups excluding carboxylic acids is 5. The molecule has 11 nitrogen and oxygen atoms in total. The molecule has 5 amide bonds. The van der Waals surface area contributed by atoms with Gasteiger partial charge in [-0.3, -0.25) is 19.2 Å². The predicted octanol–water partition coefficient (Wildman–Crippen LogP) is 3.34. The van der Waals surface area contributed by atoms with Crippen molar-refractivity contribution in [3.8, 4) is 0 Å². The molecule has 1 saturated heterocycles. The first-order chi connectivity index (χ1) is 20.9. The van der Waals surface area contributed by atoms with Crippen molar-refractivity contribution < 1.29 is 28.7 Å². The minimum absolute atomic E-state index is 0.107. The number of hydrogen-bond acceptors (Lipinski definition) is 6. The van der Waals surface area contributed by atoms with Crippen LogP contribution in [0, 0.1) is 5.92 Å². The maximum Gasteiger partial charge on any atom is 0.408 e. The molecule has 1 aromatic carbocycles. The minimum atomic E-state index is -1.13. The minimum Gasteiger partial charge on any atom is -0.444 e. The van der Waals surface area contributed by atoms with Gasteiger partial charge >= 0.3 is 6.09 Å². The van der Waals surface area contributed by atoms with Crippen LogP contribution in [0.4, 0.5) is 4.79 Å². The number of carbonyl (C=O) groups is 5. The van der Waals surface area contributed by atoms with Gasteiger partial charge in [-0.15, -0.1) is 0 Å². The van der Waals surface area contributed by atoms with Crippen LogP contribution in [0.1, 0.15) is 84.6 Å². The summed E-state index contributed by atoms with van der Waals surface area (Å²) >= 11 is 0. The fraction of sp³-hybridized carbons (Fsp3) is 0.606. The van der Waals surface area contributed by atoms with Crippen molar-refractivity contribution in [2.75, 3.05) is 19.6 Å². The molecule has 3 atom stereocenters. The highest BCUT2D eigenvalue weighted by molar-refractivity contribution is 5.98. The normalized spacial score (nSPS) is 21.0. The number of rotatable bonds is 15. The maximum atomic E-state index is 13.5. The fourth-order valence-electron chi connectivity index (χ4n) is 5.29. The first-order valence-electron chi connectivity index (χ1n) is 15.8. The molecule has 1 aliphatic carbocycles. The smallest absolute Gasteiger partial charge is 0.408 e. The topological polar surface area (TPSA) is 146 Å². The van der Waals surface area contributed by atoms with E-state index in [2.05, 4.69) is 34.3 Å². The van der Waals surface area contributed by atoms with Crippen LogP contribution in [-0.2, 0) is 30.5 Å². The van der Waals surface area contributed by atoms with E-state index >= 15 is 0 Å². The number of benzene rings is 1. The van der Waals surface area contributed by atoms with Gasteiger partial charge in [-0.05, 0) is 58.4 Å². The molecule has 2 aliphatic rings. The van der Waals surface area contributed by atoms with E-state index in [1.807, 2.05) is 36.4 Å². The Labute approximate surface area is 260 Å². The molecule has 2 fully saturated rings. The lowest BCUT2D eigenvalue weighted by Gasteiger charge is -2.27. The summed E-state index contributed by atoms with van der Waals surface area (Å²) in [6.07, 6.45) is 9.17. The Morgan fingerprint density at radius 3 is 2.50 bits per heavy atom. The lowest BCUT2D eigenvalue weighted by atomic mass is 10.1. The summed E-state index contributed by atoms with van der Waals surface area (Å²) in [7, 11) is 0. The van der Waals surface area contributed by atoms with E-state index in [1.54, 1.807) is 20.8 Å². The quantitative estimate of drug-likeness (QED) is 0.177. The predicted molar refractivity (Wildman–Crippen MR) is 167 cm³/mol. The third-order valence-electron chi connectivity index (χ3n) is 7.74. The number of nitrogens with one attached hydrogen (secondary N) is 4. The number of allylic oxidation sites excluding steroid dienone is 1. The van der Waals surface area contributed by atoms with Crippen LogP contribution in [-0.4, -0.2) is 71.4 Å². The molecule has 3 rings (SSSR count). The molecule has 242 valence electrons. The number of unbranched alkanes of at least 4 members (excludes halogenated alkanes) is 3. The summed E-state index contributed by atoms with van der Waals surface area (Å²) in [6.45, 7) is 7.96. The molecule has 1 saturated carbocycles. The van der Waals surface area contributed by atoms with Crippen molar-refractivity contribution in [1.29, 1.82) is 0 Å². The third kappa shape index (κ3) is 10.7. The average Bonchev–Trinajstić information content (AvgIpc) is 3.43. The van der Waals surface area contributed by atoms with Gasteiger partial charge in [-0.2, -0.15) is 0 Å². The van der Waals surface area contributed by atoms with E-state index < -0.39 is 35.1 Å². The summed E-state index contributed by atoms with van der Waals surface area (Å²) in [6, 6.07) is 8.82. The Balaban J connectivity index is 1.57. The number of hydrogen-bond donors (Lipinski definition) is 4. The molecule has 0 radical (unpaired) electrons. The van der Waals surface area contributed by atoms with Gasteiger partial charge < -0.3 is 30.9 Å². The molecule has 11 heteroatoms. The Morgan fingerprint density at radius 1 is 1.05 bits per heavy atom. The van der Waals surface area contributed by atoms with E-state index in [0.29, 0.717) is 32.4 Å². The SMILES string of the molecule is CCCCC/C=C\[C@@H]1C[C@]1(NC(=O)[C@@H]1CCCN1C(=O)CNC(=O)OC(C)(C)C)C(=O)NCCC(=O)NCc1ccccc1. The van der Waals surface area contributed by atoms with E-state index in [1.165, 1.54) is 4.90 Å². The van der Waals surface area contributed by atoms with Gasteiger partial charge in [0, 0.05) is 32.0 Å². The second kappa shape index (κ2) is 16.3. The summed E-state index contributed by atoms with van der Waals surface area (Å²) in [4.78, 5) is 65.7. The van der Waals surface area contributed by atoms with Gasteiger partial charge in [0.25, 0.3) is 0 Å². The lowest BCUT2D eigenvalue weighted by Crippen LogP contribution is -2.56. The maximum absolute atomic E-state index is 13.5. The second-order valence-corrected chi connectivity index (χ2v) is 12.6. The Morgan fingerprint density at radius 2 is 1.80 bits per heavy atom. The molecule has 0 spiro atoms. The Hall–Kier alpha value is -3.89. The van der Waals surface area contributed by atoms with Crippen LogP contribution in [0.3, 0.4) is 0 Å². The van der Waals surface area contributed by atoms with Crippen LogP contribution < -0.4 is 21.3 Å². The number of ether oxygens (including phenoxy) is 1. The molecular weight excluding hydrogens is 562 g/mol. The molecule has 44 heavy (non-hydrogen) atoms. The fourth-order valence-corrected chi connectivity index (χ4v) is 5.29.